The Morgan fingerprint density at radius 2 is 1.63 bits per heavy atom. The van der Waals surface area contributed by atoms with Gasteiger partial charge in [0.15, 0.2) is 0 Å². The highest BCUT2D eigenvalue weighted by Crippen LogP contribution is 2.24. The molecule has 7 nitrogen and oxygen atoms in total. The molecule has 7 heteroatoms. The van der Waals surface area contributed by atoms with Gasteiger partial charge in [0.25, 0.3) is 11.7 Å². The summed E-state index contributed by atoms with van der Waals surface area (Å²) in [5.41, 5.74) is 1.15. The number of benzene rings is 1. The van der Waals surface area contributed by atoms with Crippen LogP contribution in [-0.4, -0.2) is 70.4 Å². The van der Waals surface area contributed by atoms with Gasteiger partial charge in [-0.05, 0) is 39.2 Å². The molecule has 0 aliphatic carbocycles. The third kappa shape index (κ3) is 4.12. The van der Waals surface area contributed by atoms with Crippen molar-refractivity contribution in [1.29, 1.82) is 0 Å². The molecule has 2 aliphatic heterocycles. The smallest absolute Gasteiger partial charge is 0.295 e. The molecule has 2 amide bonds. The van der Waals surface area contributed by atoms with E-state index in [1.165, 1.54) is 0 Å². The van der Waals surface area contributed by atoms with Gasteiger partial charge in [0.2, 0.25) is 5.91 Å². The first kappa shape index (κ1) is 20.6. The Bertz CT molecular complexity index is 951. The highest BCUT2D eigenvalue weighted by molar-refractivity contribution is 6.44. The molecule has 2 saturated heterocycles. The van der Waals surface area contributed by atoms with E-state index in [9.17, 15) is 14.4 Å². The van der Waals surface area contributed by atoms with Crippen molar-refractivity contribution in [3.8, 4) is 0 Å². The number of carbonyl (C=O) groups is 3. The van der Waals surface area contributed by atoms with Crippen LogP contribution in [0.25, 0.3) is 10.9 Å². The summed E-state index contributed by atoms with van der Waals surface area (Å²) in [5.74, 6) is -0.990. The molecule has 2 aliphatic rings. The Balaban J connectivity index is 1.59. The standard InChI is InChI=1S/C23H29N3O4/c1-16-12-26(13-17(2)30-16)23(29)22(28)19-14-25(20-9-5-4-8-18(19)20)15-21(27)24-10-6-3-7-11-24/h4-5,8-9,14,16-17H,3,6-7,10-13,15H2,1-2H3/t16-,17-/m1/s1. The molecule has 0 unspecified atom stereocenters. The van der Waals surface area contributed by atoms with E-state index in [-0.39, 0.29) is 24.7 Å². The van der Waals surface area contributed by atoms with E-state index in [0.29, 0.717) is 24.0 Å². The molecule has 0 bridgehead atoms. The lowest BCUT2D eigenvalue weighted by Gasteiger charge is -2.34. The first-order chi connectivity index (χ1) is 14.4. The molecule has 2 fully saturated rings. The van der Waals surface area contributed by atoms with Crippen molar-refractivity contribution in [2.75, 3.05) is 26.2 Å². The molecule has 3 heterocycles. The summed E-state index contributed by atoms with van der Waals surface area (Å²) in [6.45, 7) is 6.36. The SMILES string of the molecule is C[C@@H]1CN(C(=O)C(=O)c2cn(CC(=O)N3CCCCC3)c3ccccc23)C[C@@H](C)O1. The normalized spacial score (nSPS) is 22.3. The highest BCUT2D eigenvalue weighted by Gasteiger charge is 2.32. The zero-order chi connectivity index (χ0) is 21.3. The van der Waals surface area contributed by atoms with Crippen molar-refractivity contribution in [2.45, 2.75) is 51.9 Å². The number of amides is 2. The Morgan fingerprint density at radius 1 is 0.967 bits per heavy atom. The second-order valence-corrected chi connectivity index (χ2v) is 8.43. The first-order valence-electron chi connectivity index (χ1n) is 10.8. The Kier molecular flexibility index (Phi) is 5.90. The number of hydrogen-bond acceptors (Lipinski definition) is 4. The minimum atomic E-state index is -0.531. The van der Waals surface area contributed by atoms with Gasteiger partial charge in [0, 0.05) is 43.3 Å². The summed E-state index contributed by atoms with van der Waals surface area (Å²) in [4.78, 5) is 42.3. The number of likely N-dealkylation sites (tertiary alicyclic amines) is 1. The van der Waals surface area contributed by atoms with Gasteiger partial charge in [-0.25, -0.2) is 0 Å². The molecule has 160 valence electrons. The van der Waals surface area contributed by atoms with Crippen LogP contribution >= 0.6 is 0 Å². The molecule has 4 rings (SSSR count). The number of piperidine rings is 1. The molecule has 0 N–H and O–H groups in total. The van der Waals surface area contributed by atoms with E-state index in [1.54, 1.807) is 15.7 Å². The molecule has 1 aromatic heterocycles. The Hall–Kier alpha value is -2.67. The van der Waals surface area contributed by atoms with Gasteiger partial charge in [0.05, 0.1) is 17.8 Å². The molecule has 0 spiro atoms. The van der Waals surface area contributed by atoms with Crippen molar-refractivity contribution < 1.29 is 19.1 Å². The van der Waals surface area contributed by atoms with Crippen molar-refractivity contribution in [1.82, 2.24) is 14.4 Å². The van der Waals surface area contributed by atoms with Crippen LogP contribution in [-0.2, 0) is 20.9 Å². The first-order valence-corrected chi connectivity index (χ1v) is 10.8. The number of morpholine rings is 1. The minimum Gasteiger partial charge on any atom is -0.372 e. The Labute approximate surface area is 176 Å². The van der Waals surface area contributed by atoms with Gasteiger partial charge < -0.3 is 19.1 Å². The largest absolute Gasteiger partial charge is 0.372 e. The number of ether oxygens (including phenoxy) is 1. The van der Waals surface area contributed by atoms with Crippen LogP contribution in [0.3, 0.4) is 0 Å². The number of carbonyl (C=O) groups excluding carboxylic acids is 3. The third-order valence-electron chi connectivity index (χ3n) is 5.95. The van der Waals surface area contributed by atoms with Gasteiger partial charge in [-0.3, -0.25) is 14.4 Å². The fourth-order valence-electron chi connectivity index (χ4n) is 4.55. The maximum atomic E-state index is 13.1. The lowest BCUT2D eigenvalue weighted by atomic mass is 10.1. The maximum absolute atomic E-state index is 13.1. The number of nitrogens with zero attached hydrogens (tertiary/aromatic N) is 3. The van der Waals surface area contributed by atoms with Crippen molar-refractivity contribution in [2.24, 2.45) is 0 Å². The van der Waals surface area contributed by atoms with Crippen LogP contribution in [0.1, 0.15) is 43.5 Å². The highest BCUT2D eigenvalue weighted by atomic mass is 16.5. The summed E-state index contributed by atoms with van der Waals surface area (Å²) in [5, 5.41) is 0.705. The summed E-state index contributed by atoms with van der Waals surface area (Å²) in [6.07, 6.45) is 4.69. The van der Waals surface area contributed by atoms with E-state index in [0.717, 1.165) is 37.9 Å². The number of ketones is 1. The van der Waals surface area contributed by atoms with Crippen LogP contribution in [0, 0.1) is 0 Å². The molecule has 0 saturated carbocycles. The molecule has 1 aromatic carbocycles. The lowest BCUT2D eigenvalue weighted by Crippen LogP contribution is -2.50. The van der Waals surface area contributed by atoms with E-state index >= 15 is 0 Å². The van der Waals surface area contributed by atoms with Gasteiger partial charge in [-0.15, -0.1) is 0 Å². The van der Waals surface area contributed by atoms with Crippen molar-refractivity contribution >= 4 is 28.5 Å². The molecule has 2 atom stereocenters. The maximum Gasteiger partial charge on any atom is 0.295 e. The van der Waals surface area contributed by atoms with E-state index in [2.05, 4.69) is 0 Å². The molecule has 30 heavy (non-hydrogen) atoms. The van der Waals surface area contributed by atoms with Crippen LogP contribution in [0.5, 0.6) is 0 Å². The van der Waals surface area contributed by atoms with Crippen molar-refractivity contribution in [3.05, 3.63) is 36.0 Å². The summed E-state index contributed by atoms with van der Waals surface area (Å²) >= 11 is 0. The van der Waals surface area contributed by atoms with Crippen LogP contribution in [0.15, 0.2) is 30.5 Å². The fraction of sp³-hybridized carbons (Fsp3) is 0.522. The summed E-state index contributed by atoms with van der Waals surface area (Å²) in [6, 6.07) is 7.45. The summed E-state index contributed by atoms with van der Waals surface area (Å²) in [7, 11) is 0. The number of rotatable bonds is 4. The number of para-hydroxylation sites is 1. The zero-order valence-electron chi connectivity index (χ0n) is 17.7. The number of fused-ring (bicyclic) bond motifs is 1. The molecule has 0 radical (unpaired) electrons. The molecule has 2 aromatic rings. The lowest BCUT2D eigenvalue weighted by molar-refractivity contribution is -0.138. The summed E-state index contributed by atoms with van der Waals surface area (Å²) < 4.78 is 7.48. The van der Waals surface area contributed by atoms with Gasteiger partial charge in [0.1, 0.15) is 6.54 Å². The van der Waals surface area contributed by atoms with Crippen LogP contribution in [0.4, 0.5) is 0 Å². The molecular weight excluding hydrogens is 382 g/mol. The minimum absolute atomic E-state index is 0.0524. The van der Waals surface area contributed by atoms with E-state index in [4.69, 9.17) is 4.74 Å². The predicted octanol–water partition coefficient (Wildman–Crippen LogP) is 2.47. The quantitative estimate of drug-likeness (QED) is 0.572. The third-order valence-corrected chi connectivity index (χ3v) is 5.95. The topological polar surface area (TPSA) is 71.9 Å². The average Bonchev–Trinajstić information content (AvgIpc) is 3.11. The Morgan fingerprint density at radius 3 is 2.33 bits per heavy atom. The van der Waals surface area contributed by atoms with E-state index in [1.807, 2.05) is 43.0 Å². The zero-order valence-corrected chi connectivity index (χ0v) is 17.7. The second kappa shape index (κ2) is 8.60. The van der Waals surface area contributed by atoms with Gasteiger partial charge in [-0.1, -0.05) is 18.2 Å². The number of hydrogen-bond donors (Lipinski definition) is 0. The second-order valence-electron chi connectivity index (χ2n) is 8.43. The molecular formula is C23H29N3O4. The predicted molar refractivity (Wildman–Crippen MR) is 113 cm³/mol. The number of aromatic nitrogens is 1. The van der Waals surface area contributed by atoms with Crippen LogP contribution < -0.4 is 0 Å². The average molecular weight is 412 g/mol. The monoisotopic (exact) mass is 411 g/mol. The van der Waals surface area contributed by atoms with E-state index < -0.39 is 11.7 Å². The van der Waals surface area contributed by atoms with Gasteiger partial charge >= 0.3 is 0 Å². The number of Topliss-reactive ketones (excluding diaryl/α,β-unsaturated/α-hetero) is 1. The van der Waals surface area contributed by atoms with Gasteiger partial charge in [-0.2, -0.15) is 0 Å². The fourth-order valence-corrected chi connectivity index (χ4v) is 4.55. The van der Waals surface area contributed by atoms with Crippen molar-refractivity contribution in [3.63, 3.8) is 0 Å². The van der Waals surface area contributed by atoms with Crippen LogP contribution in [0.2, 0.25) is 0 Å².